The van der Waals surface area contributed by atoms with Gasteiger partial charge in [-0.05, 0) is 81.3 Å². The lowest BCUT2D eigenvalue weighted by Crippen LogP contribution is -2.23. The van der Waals surface area contributed by atoms with Crippen LogP contribution in [0.25, 0.3) is 50.4 Å². The summed E-state index contributed by atoms with van der Waals surface area (Å²) in [7, 11) is 0. The number of pyridine rings is 1. The standard InChI is InChI=1S/C39H42ClN5/c1-23-17-18-41-32(19-23)45-30-14-12-11-13-26(30)27-16-15-24(20-31(27)45)34-42-35(44-36(40)43-34)33-28(38(5,6)7)21-25(37(2,3)4)22-29(33)39(8,9)10/h11-22H,1-10H3. The normalized spacial score (nSPS) is 12.8. The van der Waals surface area contributed by atoms with Crippen molar-refractivity contribution >= 4 is 33.4 Å². The van der Waals surface area contributed by atoms with Crippen LogP contribution in [0.4, 0.5) is 0 Å². The summed E-state index contributed by atoms with van der Waals surface area (Å²) in [4.78, 5) is 19.3. The van der Waals surface area contributed by atoms with E-state index in [0.717, 1.165) is 38.9 Å². The SMILES string of the molecule is Cc1ccnc(-n2c3ccccc3c3ccc(-c4nc(Cl)nc(-c5c(C(C)(C)C)cc(C(C)(C)C)cc5C(C)(C)C)n4)cc32)c1. The molecule has 0 N–H and O–H groups in total. The van der Waals surface area contributed by atoms with Gasteiger partial charge in [-0.3, -0.25) is 4.57 Å². The van der Waals surface area contributed by atoms with Crippen LogP contribution in [0.1, 0.15) is 84.6 Å². The molecular weight excluding hydrogens is 574 g/mol. The first kappa shape index (κ1) is 30.9. The predicted molar refractivity (Wildman–Crippen MR) is 189 cm³/mol. The minimum atomic E-state index is -0.156. The third-order valence-electron chi connectivity index (χ3n) is 8.51. The minimum absolute atomic E-state index is 0.0134. The molecule has 0 unspecified atom stereocenters. The van der Waals surface area contributed by atoms with Crippen LogP contribution in [0.3, 0.4) is 0 Å². The maximum Gasteiger partial charge on any atom is 0.226 e. The summed E-state index contributed by atoms with van der Waals surface area (Å²) in [6.45, 7) is 22.4. The minimum Gasteiger partial charge on any atom is -0.294 e. The monoisotopic (exact) mass is 615 g/mol. The molecule has 0 aliphatic rings. The van der Waals surface area contributed by atoms with Gasteiger partial charge in [-0.1, -0.05) is 105 Å². The van der Waals surface area contributed by atoms with Gasteiger partial charge < -0.3 is 0 Å². The van der Waals surface area contributed by atoms with Gasteiger partial charge in [-0.2, -0.15) is 9.97 Å². The summed E-state index contributed by atoms with van der Waals surface area (Å²) in [5.74, 6) is 2.01. The number of halogens is 1. The van der Waals surface area contributed by atoms with Gasteiger partial charge in [0.15, 0.2) is 11.6 Å². The molecule has 6 heteroatoms. The van der Waals surface area contributed by atoms with Crippen molar-refractivity contribution in [3.8, 4) is 28.6 Å². The first-order chi connectivity index (χ1) is 21.0. The third kappa shape index (κ3) is 5.75. The summed E-state index contributed by atoms with van der Waals surface area (Å²) in [5.41, 5.74) is 8.56. The van der Waals surface area contributed by atoms with Crippen molar-refractivity contribution in [1.29, 1.82) is 0 Å². The van der Waals surface area contributed by atoms with E-state index in [1.165, 1.54) is 22.1 Å². The van der Waals surface area contributed by atoms with Gasteiger partial charge in [0.2, 0.25) is 5.28 Å². The van der Waals surface area contributed by atoms with Gasteiger partial charge in [0.1, 0.15) is 5.82 Å². The molecule has 0 spiro atoms. The fraction of sp³-hybridized carbons (Fsp3) is 0.333. The van der Waals surface area contributed by atoms with Gasteiger partial charge in [-0.15, -0.1) is 0 Å². The van der Waals surface area contributed by atoms with Crippen LogP contribution in [0.5, 0.6) is 0 Å². The molecule has 230 valence electrons. The summed E-state index contributed by atoms with van der Waals surface area (Å²) in [5, 5.41) is 2.48. The van der Waals surface area contributed by atoms with Crippen LogP contribution >= 0.6 is 11.6 Å². The second-order valence-corrected chi connectivity index (χ2v) is 15.6. The molecule has 3 aromatic carbocycles. The number of rotatable bonds is 3. The number of para-hydroxylation sites is 1. The zero-order valence-electron chi connectivity index (χ0n) is 28.0. The first-order valence-electron chi connectivity index (χ1n) is 15.6. The molecule has 0 radical (unpaired) electrons. The number of benzene rings is 3. The molecule has 0 bridgehead atoms. The Labute approximate surface area is 271 Å². The van der Waals surface area contributed by atoms with Crippen molar-refractivity contribution in [2.24, 2.45) is 0 Å². The molecule has 0 saturated heterocycles. The zero-order chi connectivity index (χ0) is 32.5. The molecule has 3 aromatic heterocycles. The highest BCUT2D eigenvalue weighted by molar-refractivity contribution is 6.28. The van der Waals surface area contributed by atoms with Crippen molar-refractivity contribution in [3.05, 3.63) is 100 Å². The molecule has 5 nitrogen and oxygen atoms in total. The number of hydrogen-bond donors (Lipinski definition) is 0. The van der Waals surface area contributed by atoms with Crippen LogP contribution in [0.15, 0.2) is 72.9 Å². The molecule has 0 aliphatic heterocycles. The highest BCUT2D eigenvalue weighted by Crippen LogP contribution is 2.43. The first-order valence-corrected chi connectivity index (χ1v) is 16.0. The predicted octanol–water partition coefficient (Wildman–Crippen LogP) is 10.6. The van der Waals surface area contributed by atoms with Crippen molar-refractivity contribution in [2.75, 3.05) is 0 Å². The molecule has 0 atom stereocenters. The van der Waals surface area contributed by atoms with E-state index in [0.29, 0.717) is 11.6 Å². The lowest BCUT2D eigenvalue weighted by molar-refractivity contribution is 0.550. The highest BCUT2D eigenvalue weighted by Gasteiger charge is 2.31. The van der Waals surface area contributed by atoms with Crippen molar-refractivity contribution in [1.82, 2.24) is 24.5 Å². The zero-order valence-corrected chi connectivity index (χ0v) is 28.8. The fourth-order valence-electron chi connectivity index (χ4n) is 6.09. The molecule has 45 heavy (non-hydrogen) atoms. The van der Waals surface area contributed by atoms with E-state index in [1.54, 1.807) is 0 Å². The van der Waals surface area contributed by atoms with E-state index in [9.17, 15) is 0 Å². The van der Waals surface area contributed by atoms with Crippen molar-refractivity contribution in [2.45, 2.75) is 85.5 Å². The quantitative estimate of drug-likeness (QED) is 0.199. The Bertz CT molecular complexity index is 2050. The summed E-state index contributed by atoms with van der Waals surface area (Å²) in [6.07, 6.45) is 1.86. The van der Waals surface area contributed by atoms with Crippen molar-refractivity contribution in [3.63, 3.8) is 0 Å². The summed E-state index contributed by atoms with van der Waals surface area (Å²) < 4.78 is 2.21. The molecule has 6 aromatic rings. The van der Waals surface area contributed by atoms with Gasteiger partial charge >= 0.3 is 0 Å². The molecule has 0 aliphatic carbocycles. The fourth-order valence-corrected chi connectivity index (χ4v) is 6.25. The second-order valence-electron chi connectivity index (χ2n) is 15.2. The van der Waals surface area contributed by atoms with Crippen LogP contribution in [-0.2, 0) is 16.2 Å². The summed E-state index contributed by atoms with van der Waals surface area (Å²) in [6, 6.07) is 23.6. The Morgan fingerprint density at radius 1 is 0.622 bits per heavy atom. The second kappa shape index (κ2) is 10.8. The van der Waals surface area contributed by atoms with Crippen LogP contribution < -0.4 is 0 Å². The third-order valence-corrected chi connectivity index (χ3v) is 8.68. The number of fused-ring (bicyclic) bond motifs is 3. The van der Waals surface area contributed by atoms with E-state index in [-0.39, 0.29) is 21.5 Å². The largest absolute Gasteiger partial charge is 0.294 e. The Morgan fingerprint density at radius 3 is 1.87 bits per heavy atom. The van der Waals surface area contributed by atoms with Gasteiger partial charge in [0.05, 0.1) is 11.0 Å². The topological polar surface area (TPSA) is 56.5 Å². The van der Waals surface area contributed by atoms with Crippen LogP contribution in [0, 0.1) is 6.92 Å². The number of nitrogens with zero attached hydrogens (tertiary/aromatic N) is 5. The Morgan fingerprint density at radius 2 is 1.24 bits per heavy atom. The van der Waals surface area contributed by atoms with E-state index in [1.807, 2.05) is 12.3 Å². The summed E-state index contributed by atoms with van der Waals surface area (Å²) >= 11 is 6.74. The Balaban J connectivity index is 1.62. The number of aryl methyl sites for hydroxylation is 1. The maximum atomic E-state index is 6.74. The smallest absolute Gasteiger partial charge is 0.226 e. The average molecular weight is 616 g/mol. The lowest BCUT2D eigenvalue weighted by Gasteiger charge is -2.33. The molecule has 3 heterocycles. The Kier molecular flexibility index (Phi) is 7.40. The number of aromatic nitrogens is 5. The van der Waals surface area contributed by atoms with E-state index >= 15 is 0 Å². The molecular formula is C39H42ClN5. The van der Waals surface area contributed by atoms with Gasteiger partial charge in [0, 0.05) is 28.1 Å². The van der Waals surface area contributed by atoms with Gasteiger partial charge in [0.25, 0.3) is 0 Å². The number of hydrogen-bond acceptors (Lipinski definition) is 4. The molecule has 0 fully saturated rings. The van der Waals surface area contributed by atoms with E-state index in [4.69, 9.17) is 26.6 Å². The van der Waals surface area contributed by atoms with E-state index in [2.05, 4.69) is 139 Å². The highest BCUT2D eigenvalue weighted by atomic mass is 35.5. The molecule has 6 rings (SSSR count). The Hall–Kier alpha value is -4.09. The molecule has 0 saturated carbocycles. The van der Waals surface area contributed by atoms with E-state index < -0.39 is 0 Å². The lowest BCUT2D eigenvalue weighted by atomic mass is 9.72. The molecule has 0 amide bonds. The van der Waals surface area contributed by atoms with Crippen LogP contribution in [-0.4, -0.2) is 24.5 Å². The van der Waals surface area contributed by atoms with Gasteiger partial charge in [-0.25, -0.2) is 9.97 Å². The average Bonchev–Trinajstić information content (AvgIpc) is 3.28. The van der Waals surface area contributed by atoms with Crippen molar-refractivity contribution < 1.29 is 0 Å². The van der Waals surface area contributed by atoms with Crippen LogP contribution in [0.2, 0.25) is 5.28 Å². The maximum absolute atomic E-state index is 6.74.